The van der Waals surface area contributed by atoms with Gasteiger partial charge < -0.3 is 114 Å². The molecule has 0 aliphatic carbocycles. The number of nitrogens with two attached hydrogens (primary N) is 2. The molecule has 15 amide bonds. The summed E-state index contributed by atoms with van der Waals surface area (Å²) in [6, 6.07) is 0.568. The van der Waals surface area contributed by atoms with E-state index in [2.05, 4.69) is 67.8 Å². The van der Waals surface area contributed by atoms with E-state index in [9.17, 15) is 63.3 Å². The van der Waals surface area contributed by atoms with Gasteiger partial charge in [0.2, 0.25) is 88.6 Å². The number of aliphatic hydroxyl groups excluding tert-OH is 1. The van der Waals surface area contributed by atoms with Crippen LogP contribution in [0.25, 0.3) is 21.8 Å². The number of carboxylic acids is 1. The van der Waals surface area contributed by atoms with Crippen LogP contribution in [0.3, 0.4) is 0 Å². The predicted octanol–water partition coefficient (Wildman–Crippen LogP) is -0.370. The minimum Gasteiger partial charge on any atom is -0.508 e. The van der Waals surface area contributed by atoms with Crippen molar-refractivity contribution in [1.29, 1.82) is 0 Å². The lowest BCUT2D eigenvalue weighted by Gasteiger charge is -2.36. The van der Waals surface area contributed by atoms with Crippen LogP contribution in [0.4, 0.5) is 0 Å². The second-order valence-electron chi connectivity index (χ2n) is 33.3. The highest BCUT2D eigenvalue weighted by Gasteiger charge is 2.45. The van der Waals surface area contributed by atoms with Gasteiger partial charge in [0.15, 0.2) is 5.78 Å². The van der Waals surface area contributed by atoms with Crippen molar-refractivity contribution in [3.05, 3.63) is 120 Å². The molecule has 40 nitrogen and oxygen atoms in total. The number of aliphatic hydroxyl groups is 1. The number of imidazole rings is 1. The van der Waals surface area contributed by atoms with Crippen LogP contribution in [0.1, 0.15) is 146 Å². The van der Waals surface area contributed by atoms with Gasteiger partial charge in [-0.1, -0.05) is 88.1 Å². The Hall–Kier alpha value is -12.8. The number of primary amides is 1. The lowest BCUT2D eigenvalue weighted by Crippen LogP contribution is -2.60. The van der Waals surface area contributed by atoms with Crippen molar-refractivity contribution in [2.75, 3.05) is 65.4 Å². The molecule has 130 heavy (non-hydrogen) atoms. The van der Waals surface area contributed by atoms with Crippen molar-refractivity contribution < 1.29 is 96.8 Å². The average Bonchev–Trinajstić information content (AvgIpc) is 1.47. The second-order valence-corrected chi connectivity index (χ2v) is 34.4. The SMILES string of the molecule is CCCC[C@H]1C(=O)N(C)[C@@H](CCCC)C(=O)N[C@@H](C)C(=O)N[C@H](C(=O)NCC(N)=O)CSCC(=O)N[C@@H](Cc2ccc(O)cc2)C(=O)N(C)[C@@H](C)C(=O)N[C@@H](CCCCN)C(=O)N2CCC[C@H]2C(=O)N[C@@H](Cc2c[nH]cn2)C(=O)N[C@@H](CC(=O)O)C(=O)N2CCC[C@H]2C(=O)C[C@@H](Cc2c[nH]c3ccccc23)C(=O)N[C@@H](CO)C(=O)N[C@@H](Cc2c[nH]c3ccccc23)C(=O)N1C. The zero-order chi connectivity index (χ0) is 94.6. The van der Waals surface area contributed by atoms with Gasteiger partial charge in [0, 0.05) is 112 Å². The first-order valence-corrected chi connectivity index (χ1v) is 45.2. The number of likely N-dealkylation sites (N-methyl/N-ethyl adjacent to an activating group) is 3. The fourth-order valence-electron chi connectivity index (χ4n) is 16.4. The maximum Gasteiger partial charge on any atom is 0.305 e. The van der Waals surface area contributed by atoms with E-state index >= 15 is 33.6 Å². The zero-order valence-electron chi connectivity index (χ0n) is 74.2. The lowest BCUT2D eigenvalue weighted by atomic mass is 9.90. The molecule has 0 bridgehead atoms. The predicted molar refractivity (Wildman–Crippen MR) is 478 cm³/mol. The summed E-state index contributed by atoms with van der Waals surface area (Å²) in [5, 5.41) is 56.8. The second kappa shape index (κ2) is 48.6. The number of phenolic OH excluding ortho intramolecular Hbond substituents is 1. The largest absolute Gasteiger partial charge is 0.508 e. The van der Waals surface area contributed by atoms with Crippen molar-refractivity contribution in [3.63, 3.8) is 0 Å². The number of aliphatic carboxylic acids is 1. The van der Waals surface area contributed by atoms with Crippen LogP contribution in [0.15, 0.2) is 97.7 Å². The number of nitrogens with one attached hydrogen (secondary N) is 12. The number of aromatic nitrogens is 4. The van der Waals surface area contributed by atoms with Crippen molar-refractivity contribution in [3.8, 4) is 5.75 Å². The molecule has 3 aromatic carbocycles. The molecule has 19 N–H and O–H groups in total. The van der Waals surface area contributed by atoms with Gasteiger partial charge in [-0.2, -0.15) is 0 Å². The Morgan fingerprint density at radius 1 is 0.546 bits per heavy atom. The molecule has 6 aromatic rings. The number of rotatable bonds is 24. The number of phenols is 1. The third-order valence-corrected chi connectivity index (χ3v) is 25.0. The molecule has 41 heteroatoms. The Bertz CT molecular complexity index is 5010. The Kier molecular flexibility index (Phi) is 37.7. The Morgan fingerprint density at radius 2 is 1.11 bits per heavy atom. The first-order valence-electron chi connectivity index (χ1n) is 44.0. The molecule has 3 aromatic heterocycles. The number of aromatic amines is 3. The Morgan fingerprint density at radius 3 is 1.72 bits per heavy atom. The summed E-state index contributed by atoms with van der Waals surface area (Å²) in [7, 11) is 4.01. The summed E-state index contributed by atoms with van der Waals surface area (Å²) in [5.74, 6) is -17.9. The number of thioether (sulfide) groups is 1. The summed E-state index contributed by atoms with van der Waals surface area (Å²) >= 11 is 0.807. The summed E-state index contributed by atoms with van der Waals surface area (Å²) in [4.78, 5) is 267. The molecule has 0 radical (unpaired) electrons. The highest BCUT2D eigenvalue weighted by atomic mass is 32.2. The molecule has 3 aliphatic heterocycles. The number of amides is 15. The maximum atomic E-state index is 15.6. The number of carbonyl (C=O) groups excluding carboxylic acids is 16. The van der Waals surface area contributed by atoms with Crippen LogP contribution >= 0.6 is 11.8 Å². The molecular weight excluding hydrogens is 1700 g/mol. The fourth-order valence-corrected chi connectivity index (χ4v) is 17.3. The van der Waals surface area contributed by atoms with Gasteiger partial charge >= 0.3 is 5.97 Å². The molecule has 0 spiro atoms. The first kappa shape index (κ1) is 101. The highest BCUT2D eigenvalue weighted by molar-refractivity contribution is 8.00. The van der Waals surface area contributed by atoms with Gasteiger partial charge in [-0.25, -0.2) is 4.98 Å². The summed E-state index contributed by atoms with van der Waals surface area (Å²) < 4.78 is 0. The standard InChI is InChI=1S/C89H122N20O20S/c1-8-10-25-70-83(123)97-50(3)77(117)104-68(80(120)95-45-74(91)113)47-130-48-75(114)98-64(36-52-29-31-57(111)32-30-52)85(125)105(5)51(4)78(118)99-62(24-16-17-33-90)87(127)109-35-19-28-71(109)84(124)100-63(40-56-44-92-49-96-56)81(121)102-66(41-76(115)116)88(128)108-34-18-27-69(108)73(112)39-53(37-54-42-93-60-22-14-12-20-58(54)60)79(119)103-67(46-110)82(122)101-65(38-55-43-94-61-23-15-13-21-59(55)61)86(126)107(7)72(26-11-9-2)89(129)106(70)6/h12-15,20-23,29-32,42-44,49-51,53,62-72,93-94,110-111H,8-11,16-19,24-28,33-41,45-48,90H2,1-7H3,(H2,91,113)(H,92,96)(H,95,120)(H,97,123)(H,98,114)(H,99,118)(H,100,124)(H,101,122)(H,102,121)(H,103,119)(H,104,117)(H,115,116)/t50-,51-,53+,62-,63-,64-,65-,66-,67-,68-,69-,70-,71-,72-/m0/s1. The number of fused-ring (bicyclic) bond motifs is 4. The van der Waals surface area contributed by atoms with Gasteiger partial charge in [0.25, 0.3) is 0 Å². The third kappa shape index (κ3) is 27.4. The van der Waals surface area contributed by atoms with E-state index in [4.69, 9.17) is 11.5 Å². The molecule has 3 aliphatic rings. The number of aromatic hydroxyl groups is 1. The number of unbranched alkanes of at least 4 members (excludes halogenated alkanes) is 3. The van der Waals surface area contributed by atoms with Gasteiger partial charge in [-0.05, 0) is 126 Å². The number of hydrogen-bond acceptors (Lipinski definition) is 22. The summed E-state index contributed by atoms with van der Waals surface area (Å²) in [6.45, 7) is 4.69. The Labute approximate surface area is 756 Å². The first-order chi connectivity index (χ1) is 62.1. The van der Waals surface area contributed by atoms with Gasteiger partial charge in [-0.3, -0.25) is 81.5 Å². The minimum atomic E-state index is -1.90. The van der Waals surface area contributed by atoms with Gasteiger partial charge in [-0.15, -0.1) is 11.8 Å². The number of para-hydroxylation sites is 2. The molecule has 6 heterocycles. The molecule has 9 rings (SSSR count). The van der Waals surface area contributed by atoms with E-state index in [1.807, 2.05) is 13.8 Å². The average molecular weight is 1820 g/mol. The van der Waals surface area contributed by atoms with Crippen LogP contribution in [0.5, 0.6) is 5.75 Å². The third-order valence-electron chi connectivity index (χ3n) is 23.9. The van der Waals surface area contributed by atoms with Crippen molar-refractivity contribution in [2.24, 2.45) is 17.4 Å². The van der Waals surface area contributed by atoms with Crippen molar-refractivity contribution in [2.45, 2.75) is 228 Å². The zero-order valence-corrected chi connectivity index (χ0v) is 75.0. The van der Waals surface area contributed by atoms with Gasteiger partial charge in [0.1, 0.15) is 78.3 Å². The maximum absolute atomic E-state index is 15.6. The molecule has 0 saturated carbocycles. The van der Waals surface area contributed by atoms with Crippen LogP contribution < -0.4 is 59.3 Å². The molecule has 14 atom stereocenters. The number of ketones is 1. The van der Waals surface area contributed by atoms with Crippen LogP contribution in [-0.4, -0.2) is 304 Å². The number of Topliss-reactive ketones (excluding diaryl/α,β-unsaturated/α-hetero) is 1. The number of nitrogens with zero attached hydrogens (tertiary/aromatic N) is 6. The quantitative estimate of drug-likeness (QED) is 0.0344. The number of hydrogen-bond donors (Lipinski definition) is 17. The van der Waals surface area contributed by atoms with E-state index < -0.39 is 217 Å². The van der Waals surface area contributed by atoms with Crippen molar-refractivity contribution in [1.82, 2.24) is 92.3 Å². The molecule has 3 fully saturated rings. The van der Waals surface area contributed by atoms with E-state index in [0.29, 0.717) is 70.6 Å². The lowest BCUT2D eigenvalue weighted by molar-refractivity contribution is -0.149. The number of carbonyl (C=O) groups is 17. The summed E-state index contributed by atoms with van der Waals surface area (Å²) in [6.07, 6.45) is 6.35. The number of benzene rings is 3. The van der Waals surface area contributed by atoms with E-state index in [0.717, 1.165) is 26.5 Å². The van der Waals surface area contributed by atoms with Crippen molar-refractivity contribution >= 4 is 134 Å². The molecule has 704 valence electrons. The van der Waals surface area contributed by atoms with Crippen LogP contribution in [-0.2, 0) is 107 Å². The smallest absolute Gasteiger partial charge is 0.305 e. The highest BCUT2D eigenvalue weighted by Crippen LogP contribution is 2.30. The number of H-pyrrole nitrogens is 3. The number of carboxylic acid groups (broad SMARTS) is 1. The molecular formula is C89H122N20O20S. The monoisotopic (exact) mass is 1820 g/mol. The van der Waals surface area contributed by atoms with Gasteiger partial charge in [0.05, 0.1) is 43.4 Å². The topological polar surface area (TPSA) is 588 Å². The van der Waals surface area contributed by atoms with E-state index in [-0.39, 0.29) is 114 Å². The minimum absolute atomic E-state index is 0.00946. The van der Waals surface area contributed by atoms with E-state index in [1.165, 1.54) is 81.6 Å². The molecule has 0 unspecified atom stereocenters. The Balaban J connectivity index is 1.07. The summed E-state index contributed by atoms with van der Waals surface area (Å²) in [5.41, 5.74) is 14.4. The van der Waals surface area contributed by atoms with E-state index in [1.54, 1.807) is 60.9 Å². The fraction of sp³-hybridized carbons (Fsp3) is 0.528. The normalized spacial score (nSPS) is 24.8. The van der Waals surface area contributed by atoms with Crippen LogP contribution in [0, 0.1) is 5.92 Å². The van der Waals surface area contributed by atoms with Crippen LogP contribution in [0.2, 0.25) is 0 Å². The molecule has 3 saturated heterocycles.